The highest BCUT2D eigenvalue weighted by Crippen LogP contribution is 2.70. The number of alkyl halides is 1. The summed E-state index contributed by atoms with van der Waals surface area (Å²) in [5.74, 6) is 0. The largest absolute Gasteiger partial charge is 0.250 e. The van der Waals surface area contributed by atoms with Gasteiger partial charge in [0.25, 0.3) is 0 Å². The maximum absolute atomic E-state index is 4.51. The van der Waals surface area contributed by atoms with Crippen LogP contribution in [-0.4, -0.2) is 13.2 Å². The molecule has 0 N–H and O–H groups in total. The van der Waals surface area contributed by atoms with Gasteiger partial charge in [-0.1, -0.05) is 22.6 Å². The van der Waals surface area contributed by atoms with Crippen molar-refractivity contribution in [1.29, 1.82) is 0 Å². The second kappa shape index (κ2) is 2.98. The fourth-order valence-electron chi connectivity index (χ4n) is 2.51. The number of hydrogen-bond acceptors (Lipinski definition) is 1. The zero-order valence-corrected chi connectivity index (χ0v) is 13.9. The van der Waals surface area contributed by atoms with E-state index in [0.29, 0.717) is 8.96 Å². The summed E-state index contributed by atoms with van der Waals surface area (Å²) in [6, 6.07) is 0. The molecule has 2 nitrogen and oxygen atoms in total. The van der Waals surface area contributed by atoms with Gasteiger partial charge in [-0.3, -0.25) is 0 Å². The molecule has 3 saturated carbocycles. The molecule has 3 aliphatic rings. The summed E-state index contributed by atoms with van der Waals surface area (Å²) in [5.41, 5.74) is 0.314. The number of halogens is 4. The zero-order chi connectivity index (χ0) is 10.1. The maximum Gasteiger partial charge on any atom is 0.143 e. The van der Waals surface area contributed by atoms with Gasteiger partial charge in [0.15, 0.2) is 0 Å². The van der Waals surface area contributed by atoms with E-state index in [1.54, 1.807) is 0 Å². The van der Waals surface area contributed by atoms with Crippen molar-refractivity contribution in [3.8, 4) is 0 Å². The van der Waals surface area contributed by atoms with Crippen LogP contribution in [0.25, 0.3) is 0 Å². The van der Waals surface area contributed by atoms with Crippen LogP contribution >= 0.6 is 70.4 Å². The molecule has 3 aliphatic carbocycles. The molecular weight excluding hydrogens is 491 g/mol. The standard InChI is InChI=1S/C8H6Br3IN2/c9-4-5(10)13-14(6(4)11)8-1-7(12,2-8)3-8/h1-3H2. The monoisotopic (exact) mass is 494 g/mol. The summed E-state index contributed by atoms with van der Waals surface area (Å²) in [7, 11) is 0. The van der Waals surface area contributed by atoms with Gasteiger partial charge >= 0.3 is 0 Å². The van der Waals surface area contributed by atoms with Crippen LogP contribution in [0, 0.1) is 0 Å². The van der Waals surface area contributed by atoms with Gasteiger partial charge in [0.05, 0.1) is 10.0 Å². The van der Waals surface area contributed by atoms with Crippen molar-refractivity contribution in [1.82, 2.24) is 9.78 Å². The number of hydrogen-bond donors (Lipinski definition) is 0. The van der Waals surface area contributed by atoms with Crippen molar-refractivity contribution in [3.63, 3.8) is 0 Å². The molecule has 1 aromatic heterocycles. The fourth-order valence-corrected chi connectivity index (χ4v) is 6.14. The highest BCUT2D eigenvalue weighted by Gasteiger charge is 2.68. The Hall–Kier alpha value is 1.38. The van der Waals surface area contributed by atoms with E-state index in [2.05, 4.69) is 80.2 Å². The summed E-state index contributed by atoms with van der Waals surface area (Å²) in [6.07, 6.45) is 3.79. The molecule has 0 aliphatic heterocycles. The van der Waals surface area contributed by atoms with E-state index in [0.717, 1.165) is 13.7 Å². The molecule has 3 fully saturated rings. The molecule has 1 heterocycles. The minimum Gasteiger partial charge on any atom is -0.250 e. The molecular formula is C8H6Br3IN2. The van der Waals surface area contributed by atoms with Crippen LogP contribution in [0.4, 0.5) is 0 Å². The predicted molar refractivity (Wildman–Crippen MR) is 73.9 cm³/mol. The molecule has 0 aromatic carbocycles. The first-order valence-electron chi connectivity index (χ1n) is 4.25. The summed E-state index contributed by atoms with van der Waals surface area (Å²) in [4.78, 5) is 0. The molecule has 0 atom stereocenters. The highest BCUT2D eigenvalue weighted by molar-refractivity contribution is 14.1. The maximum atomic E-state index is 4.51. The topological polar surface area (TPSA) is 17.8 Å². The molecule has 2 bridgehead atoms. The average molecular weight is 497 g/mol. The molecule has 0 radical (unpaired) electrons. The lowest BCUT2D eigenvalue weighted by molar-refractivity contribution is -0.0585. The lowest BCUT2D eigenvalue weighted by Crippen LogP contribution is -2.69. The third kappa shape index (κ3) is 1.20. The van der Waals surface area contributed by atoms with E-state index < -0.39 is 0 Å². The van der Waals surface area contributed by atoms with Crippen molar-refractivity contribution in [3.05, 3.63) is 13.7 Å². The van der Waals surface area contributed by atoms with Gasteiger partial charge in [-0.2, -0.15) is 5.10 Å². The molecule has 4 rings (SSSR count). The normalized spacial score (nSPS) is 39.1. The Bertz CT molecular complexity index is 409. The quantitative estimate of drug-likeness (QED) is 0.420. The molecule has 0 spiro atoms. The van der Waals surface area contributed by atoms with Crippen LogP contribution < -0.4 is 0 Å². The number of rotatable bonds is 1. The van der Waals surface area contributed by atoms with Gasteiger partial charge in [0, 0.05) is 3.42 Å². The number of aromatic nitrogens is 2. The molecule has 76 valence electrons. The summed E-state index contributed by atoms with van der Waals surface area (Å²) >= 11 is 13.1. The van der Waals surface area contributed by atoms with E-state index in [-0.39, 0.29) is 0 Å². The molecule has 6 heteroatoms. The molecule has 14 heavy (non-hydrogen) atoms. The first-order chi connectivity index (χ1) is 6.46. The van der Waals surface area contributed by atoms with Crippen molar-refractivity contribution in [2.75, 3.05) is 0 Å². The van der Waals surface area contributed by atoms with Crippen LogP contribution in [0.5, 0.6) is 0 Å². The van der Waals surface area contributed by atoms with E-state index in [9.17, 15) is 0 Å². The van der Waals surface area contributed by atoms with Gasteiger partial charge in [0.1, 0.15) is 9.21 Å². The second-order valence-electron chi connectivity index (χ2n) is 4.21. The zero-order valence-electron chi connectivity index (χ0n) is 7.03. The van der Waals surface area contributed by atoms with Crippen LogP contribution in [0.3, 0.4) is 0 Å². The predicted octanol–water partition coefficient (Wildman–Crippen LogP) is 4.24. The van der Waals surface area contributed by atoms with E-state index in [1.165, 1.54) is 19.3 Å². The minimum atomic E-state index is 0.314. The van der Waals surface area contributed by atoms with Gasteiger partial charge in [-0.15, -0.1) is 0 Å². The fraction of sp³-hybridized carbons (Fsp3) is 0.625. The second-order valence-corrected chi connectivity index (χ2v) is 8.80. The van der Waals surface area contributed by atoms with Crippen molar-refractivity contribution in [2.24, 2.45) is 0 Å². The average Bonchev–Trinajstić information content (AvgIpc) is 2.26. The van der Waals surface area contributed by atoms with Crippen molar-refractivity contribution < 1.29 is 0 Å². The summed E-state index contributed by atoms with van der Waals surface area (Å²) in [5, 5.41) is 4.51. The Morgan fingerprint density at radius 3 is 2.14 bits per heavy atom. The van der Waals surface area contributed by atoms with Crippen molar-refractivity contribution >= 4 is 70.4 Å². The molecule has 1 aromatic rings. The lowest BCUT2D eigenvalue weighted by Gasteiger charge is -2.67. The first kappa shape index (κ1) is 10.5. The van der Waals surface area contributed by atoms with Crippen LogP contribution in [0.1, 0.15) is 19.3 Å². The lowest BCUT2D eigenvalue weighted by atomic mass is 9.50. The summed E-state index contributed by atoms with van der Waals surface area (Å²) in [6.45, 7) is 0. The van der Waals surface area contributed by atoms with E-state index >= 15 is 0 Å². The Labute approximate surface area is 121 Å². The molecule has 0 saturated heterocycles. The van der Waals surface area contributed by atoms with Crippen LogP contribution in [0.2, 0.25) is 0 Å². The third-order valence-corrected chi connectivity index (χ3v) is 7.37. The SMILES string of the molecule is Brc1nn(C23CC(I)(C2)C3)c(Br)c1Br. The Morgan fingerprint density at radius 1 is 1.21 bits per heavy atom. The Balaban J connectivity index is 2.02. The van der Waals surface area contributed by atoms with Crippen molar-refractivity contribution in [2.45, 2.75) is 28.2 Å². The Kier molecular flexibility index (Phi) is 2.24. The number of nitrogens with zero attached hydrogens (tertiary/aromatic N) is 2. The van der Waals surface area contributed by atoms with E-state index in [1.807, 2.05) is 0 Å². The molecule has 0 unspecified atom stereocenters. The van der Waals surface area contributed by atoms with E-state index in [4.69, 9.17) is 0 Å². The van der Waals surface area contributed by atoms with Gasteiger partial charge in [0.2, 0.25) is 0 Å². The first-order valence-corrected chi connectivity index (χ1v) is 7.71. The summed E-state index contributed by atoms with van der Waals surface area (Å²) < 4.78 is 5.67. The highest BCUT2D eigenvalue weighted by atomic mass is 127. The van der Waals surface area contributed by atoms with Gasteiger partial charge in [-0.25, -0.2) is 4.68 Å². The van der Waals surface area contributed by atoms with Crippen LogP contribution in [0.15, 0.2) is 13.7 Å². The third-order valence-electron chi connectivity index (χ3n) is 3.12. The van der Waals surface area contributed by atoms with Crippen LogP contribution in [-0.2, 0) is 5.54 Å². The minimum absolute atomic E-state index is 0.314. The van der Waals surface area contributed by atoms with Gasteiger partial charge < -0.3 is 0 Å². The molecule has 0 amide bonds. The Morgan fingerprint density at radius 2 is 1.79 bits per heavy atom. The smallest absolute Gasteiger partial charge is 0.143 e. The van der Waals surface area contributed by atoms with Gasteiger partial charge in [-0.05, 0) is 67.1 Å².